The molecule has 0 spiro atoms. The molecule has 0 atom stereocenters. The third-order valence-corrected chi connectivity index (χ3v) is 6.31. The molecule has 0 fully saturated rings. The fourth-order valence-corrected chi connectivity index (χ4v) is 4.05. The summed E-state index contributed by atoms with van der Waals surface area (Å²) >= 11 is 12.1. The molecule has 33 heavy (non-hydrogen) atoms. The van der Waals surface area contributed by atoms with Gasteiger partial charge in [-0.3, -0.25) is 0 Å². The van der Waals surface area contributed by atoms with Crippen LogP contribution in [0.15, 0.2) is 58.2 Å². The van der Waals surface area contributed by atoms with Crippen LogP contribution < -0.4 is 14.6 Å². The number of nitriles is 1. The molecule has 0 saturated carbocycles. The Hall–Kier alpha value is -2.70. The summed E-state index contributed by atoms with van der Waals surface area (Å²) in [6.07, 6.45) is 1.29. The second-order valence-corrected chi connectivity index (χ2v) is 10.0. The van der Waals surface area contributed by atoms with Crippen molar-refractivity contribution in [1.82, 2.24) is 0 Å². The second kappa shape index (κ2) is 10.1. The Morgan fingerprint density at radius 3 is 2.39 bits per heavy atom. The van der Waals surface area contributed by atoms with Crippen molar-refractivity contribution >= 4 is 33.2 Å². The quantitative estimate of drug-likeness (QED) is 0.407. The maximum Gasteiger partial charge on any atom is 0.271 e. The van der Waals surface area contributed by atoms with Crippen LogP contribution in [0.2, 0.25) is 5.02 Å². The van der Waals surface area contributed by atoms with Crippen LogP contribution in [0, 0.1) is 11.3 Å². The zero-order chi connectivity index (χ0) is 24.2. The van der Waals surface area contributed by atoms with Gasteiger partial charge in [-0.25, -0.2) is 13.6 Å². The van der Waals surface area contributed by atoms with Crippen LogP contribution in [0.4, 0.5) is 0 Å². The van der Waals surface area contributed by atoms with Crippen LogP contribution in [0.5, 0.6) is 11.5 Å². The van der Waals surface area contributed by atoms with Gasteiger partial charge in [0.2, 0.25) is 5.09 Å². The number of hydrogen-bond acceptors (Lipinski definition) is 6. The number of benzene rings is 2. The van der Waals surface area contributed by atoms with E-state index in [1.165, 1.54) is 12.3 Å². The third-order valence-electron chi connectivity index (χ3n) is 5.10. The number of hydrogen-bond donors (Lipinski definition) is 1. The average molecular weight is 509 g/mol. The molecular weight excluding hydrogens is 487 g/mol. The average Bonchev–Trinajstić information content (AvgIpc) is 3.26. The van der Waals surface area contributed by atoms with E-state index < -0.39 is 15.4 Å². The first kappa shape index (κ1) is 24.9. The first-order valence-electron chi connectivity index (χ1n) is 9.82. The molecule has 0 aliphatic heterocycles. The number of halogens is 2. The minimum absolute atomic E-state index is 0.118. The van der Waals surface area contributed by atoms with Gasteiger partial charge in [0, 0.05) is 17.0 Å². The van der Waals surface area contributed by atoms with Gasteiger partial charge in [-0.1, -0.05) is 37.6 Å². The molecule has 0 aliphatic carbocycles. The predicted molar refractivity (Wildman–Crippen MR) is 125 cm³/mol. The van der Waals surface area contributed by atoms with E-state index in [0.29, 0.717) is 27.6 Å². The number of nitrogens with two attached hydrogens (primary N) is 1. The lowest BCUT2D eigenvalue weighted by molar-refractivity contribution is 0.304. The Morgan fingerprint density at radius 1 is 1.12 bits per heavy atom. The maximum atomic E-state index is 11.3. The smallest absolute Gasteiger partial charge is 0.271 e. The van der Waals surface area contributed by atoms with Crippen molar-refractivity contribution in [2.75, 3.05) is 12.5 Å². The minimum Gasteiger partial charge on any atom is -0.489 e. The largest absolute Gasteiger partial charge is 0.489 e. The van der Waals surface area contributed by atoms with E-state index >= 15 is 0 Å². The van der Waals surface area contributed by atoms with Crippen molar-refractivity contribution in [2.24, 2.45) is 5.14 Å². The first-order chi connectivity index (χ1) is 15.6. The van der Waals surface area contributed by atoms with E-state index in [1.807, 2.05) is 38.1 Å². The number of ether oxygens (including phenoxy) is 2. The van der Waals surface area contributed by atoms with Crippen LogP contribution in [0.1, 0.15) is 36.1 Å². The normalized spacial score (nSPS) is 11.8. The molecule has 0 amide bonds. The summed E-state index contributed by atoms with van der Waals surface area (Å²) in [6.45, 7) is 4.42. The van der Waals surface area contributed by atoms with Crippen LogP contribution in [-0.4, -0.2) is 20.9 Å². The summed E-state index contributed by atoms with van der Waals surface area (Å²) in [6, 6.07) is 14.5. The third kappa shape index (κ3) is 5.81. The van der Waals surface area contributed by atoms with Gasteiger partial charge in [0.15, 0.2) is 5.75 Å². The van der Waals surface area contributed by atoms with E-state index in [-0.39, 0.29) is 24.2 Å². The van der Waals surface area contributed by atoms with Crippen LogP contribution in [-0.2, 0) is 22.0 Å². The number of furan rings is 1. The highest BCUT2D eigenvalue weighted by molar-refractivity contribution is 7.89. The molecule has 0 unspecified atom stereocenters. The Morgan fingerprint density at radius 2 is 1.82 bits per heavy atom. The fraction of sp³-hybridized carbons (Fsp3) is 0.261. The van der Waals surface area contributed by atoms with Gasteiger partial charge < -0.3 is 13.9 Å². The Kier molecular flexibility index (Phi) is 7.60. The SMILES string of the molecule is CC(C)(c1ccc(OCc2coc(S(N)(=O)=O)c2)cc1)c1cc(Cl)c(OCCCl)c(C#N)c1. The number of sulfonamides is 1. The summed E-state index contributed by atoms with van der Waals surface area (Å²) < 4.78 is 38.8. The Bertz CT molecular complexity index is 1280. The molecule has 7 nitrogen and oxygen atoms in total. The van der Waals surface area contributed by atoms with Crippen LogP contribution in [0.3, 0.4) is 0 Å². The van der Waals surface area contributed by atoms with Crippen molar-refractivity contribution in [1.29, 1.82) is 5.26 Å². The Labute approximate surface area is 202 Å². The van der Waals surface area contributed by atoms with Crippen molar-refractivity contribution in [3.05, 3.63) is 76.0 Å². The number of alkyl halides is 1. The van der Waals surface area contributed by atoms with E-state index in [0.717, 1.165) is 11.1 Å². The van der Waals surface area contributed by atoms with E-state index in [9.17, 15) is 13.7 Å². The molecule has 0 aliphatic rings. The lowest BCUT2D eigenvalue weighted by Gasteiger charge is -2.27. The van der Waals surface area contributed by atoms with E-state index in [1.54, 1.807) is 12.1 Å². The molecule has 1 heterocycles. The number of rotatable bonds is 9. The topological polar surface area (TPSA) is 116 Å². The molecule has 0 radical (unpaired) electrons. The van der Waals surface area contributed by atoms with Crippen LogP contribution in [0.25, 0.3) is 0 Å². The van der Waals surface area contributed by atoms with Gasteiger partial charge in [0.05, 0.1) is 22.7 Å². The van der Waals surface area contributed by atoms with Gasteiger partial charge in [0.1, 0.15) is 25.0 Å². The zero-order valence-corrected chi connectivity index (χ0v) is 20.3. The van der Waals surface area contributed by atoms with Crippen molar-refractivity contribution < 1.29 is 22.3 Å². The monoisotopic (exact) mass is 508 g/mol. The van der Waals surface area contributed by atoms with Gasteiger partial charge in [-0.05, 0) is 35.4 Å². The standard InChI is InChI=1S/C23H22Cl2N2O5S/c1-23(2,18-10-16(12-26)22(20(25)11-18)30-8-7-24)17-3-5-19(6-4-17)31-13-15-9-21(32-14-15)33(27,28)29/h3-6,9-11,14H,7-8,13H2,1-2H3,(H2,27,28,29). The summed E-state index contributed by atoms with van der Waals surface area (Å²) in [7, 11) is -3.89. The van der Waals surface area contributed by atoms with E-state index in [4.69, 9.17) is 42.2 Å². The van der Waals surface area contributed by atoms with Gasteiger partial charge in [-0.15, -0.1) is 11.6 Å². The molecular formula is C23H22Cl2N2O5S. The summed E-state index contributed by atoms with van der Waals surface area (Å²) in [4.78, 5) is 0. The number of primary sulfonamides is 1. The molecule has 10 heteroatoms. The molecule has 1 aromatic heterocycles. The predicted octanol–water partition coefficient (Wildman–Crippen LogP) is 4.97. The molecule has 0 bridgehead atoms. The lowest BCUT2D eigenvalue weighted by Crippen LogP contribution is -2.19. The maximum absolute atomic E-state index is 11.3. The molecule has 2 N–H and O–H groups in total. The molecule has 174 valence electrons. The van der Waals surface area contributed by atoms with Gasteiger partial charge in [-0.2, -0.15) is 5.26 Å². The zero-order valence-electron chi connectivity index (χ0n) is 18.0. The molecule has 2 aromatic carbocycles. The second-order valence-electron chi connectivity index (χ2n) is 7.74. The van der Waals surface area contributed by atoms with Crippen molar-refractivity contribution in [3.8, 4) is 17.6 Å². The highest BCUT2D eigenvalue weighted by Crippen LogP contribution is 2.38. The van der Waals surface area contributed by atoms with Gasteiger partial charge >= 0.3 is 0 Å². The highest BCUT2D eigenvalue weighted by atomic mass is 35.5. The van der Waals surface area contributed by atoms with Crippen LogP contribution >= 0.6 is 23.2 Å². The van der Waals surface area contributed by atoms with Crippen molar-refractivity contribution in [3.63, 3.8) is 0 Å². The molecule has 3 rings (SSSR count). The number of nitrogens with zero attached hydrogens (tertiary/aromatic N) is 1. The van der Waals surface area contributed by atoms with Gasteiger partial charge in [0.25, 0.3) is 10.0 Å². The van der Waals surface area contributed by atoms with E-state index in [2.05, 4.69) is 6.07 Å². The summed E-state index contributed by atoms with van der Waals surface area (Å²) in [5, 5.41) is 14.6. The Balaban J connectivity index is 1.77. The lowest BCUT2D eigenvalue weighted by atomic mass is 9.77. The molecule has 3 aromatic rings. The highest BCUT2D eigenvalue weighted by Gasteiger charge is 2.26. The first-order valence-corrected chi connectivity index (χ1v) is 12.3. The summed E-state index contributed by atoms with van der Waals surface area (Å²) in [5.41, 5.74) is 2.25. The fourth-order valence-electron chi connectivity index (χ4n) is 3.20. The van der Waals surface area contributed by atoms with Crippen molar-refractivity contribution in [2.45, 2.75) is 31.0 Å². The minimum atomic E-state index is -3.89. The molecule has 0 saturated heterocycles. The summed E-state index contributed by atoms with van der Waals surface area (Å²) in [5.74, 6) is 1.21.